The number of ether oxygens (including phenoxy) is 2. The zero-order valence-corrected chi connectivity index (χ0v) is 8.82. The number of aliphatic hydroxyl groups excluding tert-OH is 1. The Kier molecular flexibility index (Phi) is 8.33. The lowest BCUT2D eigenvalue weighted by Crippen LogP contribution is -2.36. The first kappa shape index (κ1) is 12.8. The van der Waals surface area contributed by atoms with Gasteiger partial charge < -0.3 is 14.6 Å². The Bertz CT molecular complexity index is 101. The molecule has 0 aromatic carbocycles. The van der Waals surface area contributed by atoms with Gasteiger partial charge in [0.15, 0.2) is 0 Å². The Morgan fingerprint density at radius 2 is 1.62 bits per heavy atom. The van der Waals surface area contributed by atoms with Gasteiger partial charge in [0.25, 0.3) is 0 Å². The van der Waals surface area contributed by atoms with Gasteiger partial charge in [-0.05, 0) is 6.92 Å². The first-order valence-corrected chi connectivity index (χ1v) is 4.59. The summed E-state index contributed by atoms with van der Waals surface area (Å²) >= 11 is 0. The SMILES string of the molecule is COCCN(CCOC)C[C@H](C)O. The smallest absolute Gasteiger partial charge is 0.0639 e. The zero-order valence-electron chi connectivity index (χ0n) is 8.82. The van der Waals surface area contributed by atoms with Crippen LogP contribution in [0.5, 0.6) is 0 Å². The van der Waals surface area contributed by atoms with Gasteiger partial charge in [-0.25, -0.2) is 0 Å². The Labute approximate surface area is 80.4 Å². The summed E-state index contributed by atoms with van der Waals surface area (Å²) < 4.78 is 9.94. The molecule has 4 heteroatoms. The highest BCUT2D eigenvalue weighted by molar-refractivity contribution is 4.60. The van der Waals surface area contributed by atoms with Crippen molar-refractivity contribution in [3.8, 4) is 0 Å². The van der Waals surface area contributed by atoms with Crippen molar-refractivity contribution in [2.45, 2.75) is 13.0 Å². The maximum atomic E-state index is 9.20. The minimum absolute atomic E-state index is 0.297. The van der Waals surface area contributed by atoms with Crippen LogP contribution in [0.2, 0.25) is 0 Å². The van der Waals surface area contributed by atoms with Gasteiger partial charge in [-0.15, -0.1) is 0 Å². The fraction of sp³-hybridized carbons (Fsp3) is 1.00. The van der Waals surface area contributed by atoms with Crippen molar-refractivity contribution in [3.05, 3.63) is 0 Å². The molecule has 0 spiro atoms. The predicted octanol–water partition coefficient (Wildman–Crippen LogP) is -0.0380. The molecule has 13 heavy (non-hydrogen) atoms. The average Bonchev–Trinajstić information content (AvgIpc) is 2.09. The minimum atomic E-state index is -0.297. The fourth-order valence-electron chi connectivity index (χ4n) is 1.11. The van der Waals surface area contributed by atoms with E-state index in [2.05, 4.69) is 4.90 Å². The minimum Gasteiger partial charge on any atom is -0.392 e. The van der Waals surface area contributed by atoms with Crippen molar-refractivity contribution in [2.75, 3.05) is 47.1 Å². The Morgan fingerprint density at radius 1 is 1.15 bits per heavy atom. The monoisotopic (exact) mass is 191 g/mol. The molecule has 80 valence electrons. The van der Waals surface area contributed by atoms with Crippen LogP contribution in [0, 0.1) is 0 Å². The van der Waals surface area contributed by atoms with Crippen LogP contribution in [-0.4, -0.2) is 63.2 Å². The molecule has 4 nitrogen and oxygen atoms in total. The summed E-state index contributed by atoms with van der Waals surface area (Å²) in [4.78, 5) is 2.12. The average molecular weight is 191 g/mol. The zero-order chi connectivity index (χ0) is 10.1. The molecule has 1 atom stereocenters. The molecule has 0 saturated heterocycles. The van der Waals surface area contributed by atoms with E-state index in [1.54, 1.807) is 21.1 Å². The summed E-state index contributed by atoms with van der Waals surface area (Å²) in [5.74, 6) is 0. The van der Waals surface area contributed by atoms with Crippen molar-refractivity contribution in [3.63, 3.8) is 0 Å². The highest BCUT2D eigenvalue weighted by Gasteiger charge is 2.06. The maximum Gasteiger partial charge on any atom is 0.0639 e. The van der Waals surface area contributed by atoms with Gasteiger partial charge in [0.1, 0.15) is 0 Å². The molecule has 0 amide bonds. The molecule has 0 saturated carbocycles. The summed E-state index contributed by atoms with van der Waals surface area (Å²) in [5.41, 5.74) is 0. The maximum absolute atomic E-state index is 9.20. The highest BCUT2D eigenvalue weighted by Crippen LogP contribution is 1.92. The number of aliphatic hydroxyl groups is 1. The molecule has 0 rings (SSSR count). The molecular formula is C9H21NO3. The molecule has 0 aromatic rings. The standard InChI is InChI=1S/C9H21NO3/c1-9(11)8-10(4-6-12-2)5-7-13-3/h9,11H,4-8H2,1-3H3/t9-/m0/s1. The Morgan fingerprint density at radius 3 is 1.92 bits per heavy atom. The molecule has 0 bridgehead atoms. The van der Waals surface area contributed by atoms with E-state index >= 15 is 0 Å². The van der Waals surface area contributed by atoms with E-state index in [1.165, 1.54) is 0 Å². The predicted molar refractivity (Wildman–Crippen MR) is 51.9 cm³/mol. The lowest BCUT2D eigenvalue weighted by molar-refractivity contribution is 0.0767. The fourth-order valence-corrected chi connectivity index (χ4v) is 1.11. The molecule has 0 aromatic heterocycles. The molecule has 0 aliphatic rings. The van der Waals surface area contributed by atoms with E-state index in [0.29, 0.717) is 19.8 Å². The van der Waals surface area contributed by atoms with Gasteiger partial charge in [-0.3, -0.25) is 4.90 Å². The van der Waals surface area contributed by atoms with Crippen LogP contribution in [0.25, 0.3) is 0 Å². The van der Waals surface area contributed by atoms with Crippen molar-refractivity contribution in [1.82, 2.24) is 4.90 Å². The molecule has 1 N–H and O–H groups in total. The molecule has 0 radical (unpaired) electrons. The van der Waals surface area contributed by atoms with E-state index in [9.17, 15) is 5.11 Å². The topological polar surface area (TPSA) is 41.9 Å². The van der Waals surface area contributed by atoms with Crippen LogP contribution in [0.1, 0.15) is 6.92 Å². The molecule has 0 aliphatic carbocycles. The number of hydrogen-bond acceptors (Lipinski definition) is 4. The molecule has 0 fully saturated rings. The third kappa shape index (κ3) is 8.18. The van der Waals surface area contributed by atoms with Gasteiger partial charge in [-0.2, -0.15) is 0 Å². The lowest BCUT2D eigenvalue weighted by Gasteiger charge is -2.22. The first-order valence-electron chi connectivity index (χ1n) is 4.59. The van der Waals surface area contributed by atoms with Crippen LogP contribution in [0.15, 0.2) is 0 Å². The number of hydrogen-bond donors (Lipinski definition) is 1. The molecular weight excluding hydrogens is 170 g/mol. The second-order valence-electron chi connectivity index (χ2n) is 3.14. The highest BCUT2D eigenvalue weighted by atomic mass is 16.5. The summed E-state index contributed by atoms with van der Waals surface area (Å²) in [6.07, 6.45) is -0.297. The van der Waals surface area contributed by atoms with Crippen molar-refractivity contribution < 1.29 is 14.6 Å². The van der Waals surface area contributed by atoms with Gasteiger partial charge in [-0.1, -0.05) is 0 Å². The van der Waals surface area contributed by atoms with E-state index < -0.39 is 0 Å². The van der Waals surface area contributed by atoms with Crippen LogP contribution in [-0.2, 0) is 9.47 Å². The van der Waals surface area contributed by atoms with E-state index in [1.807, 2.05) is 0 Å². The number of rotatable bonds is 8. The van der Waals surface area contributed by atoms with E-state index in [-0.39, 0.29) is 6.10 Å². The van der Waals surface area contributed by atoms with Crippen LogP contribution >= 0.6 is 0 Å². The van der Waals surface area contributed by atoms with Crippen LogP contribution in [0.4, 0.5) is 0 Å². The summed E-state index contributed by atoms with van der Waals surface area (Å²) in [5, 5.41) is 9.20. The molecule has 0 unspecified atom stereocenters. The third-order valence-electron chi connectivity index (χ3n) is 1.75. The van der Waals surface area contributed by atoms with Crippen molar-refractivity contribution in [1.29, 1.82) is 0 Å². The van der Waals surface area contributed by atoms with Gasteiger partial charge >= 0.3 is 0 Å². The first-order chi connectivity index (χ1) is 6.20. The van der Waals surface area contributed by atoms with Gasteiger partial charge in [0.2, 0.25) is 0 Å². The largest absolute Gasteiger partial charge is 0.392 e. The Hall–Kier alpha value is -0.160. The van der Waals surface area contributed by atoms with Crippen molar-refractivity contribution in [2.24, 2.45) is 0 Å². The molecule has 0 heterocycles. The summed E-state index contributed by atoms with van der Waals surface area (Å²) in [6, 6.07) is 0. The number of nitrogens with zero attached hydrogens (tertiary/aromatic N) is 1. The van der Waals surface area contributed by atoms with E-state index in [4.69, 9.17) is 9.47 Å². The normalized spacial score (nSPS) is 13.6. The summed E-state index contributed by atoms with van der Waals surface area (Å²) in [7, 11) is 3.35. The van der Waals surface area contributed by atoms with Crippen molar-refractivity contribution >= 4 is 0 Å². The second-order valence-corrected chi connectivity index (χ2v) is 3.14. The van der Waals surface area contributed by atoms with Crippen LogP contribution in [0.3, 0.4) is 0 Å². The quantitative estimate of drug-likeness (QED) is 0.584. The third-order valence-corrected chi connectivity index (χ3v) is 1.75. The van der Waals surface area contributed by atoms with Gasteiger partial charge in [0, 0.05) is 33.9 Å². The summed E-state index contributed by atoms with van der Waals surface area (Å²) in [6.45, 7) is 5.52. The molecule has 0 aliphatic heterocycles. The van der Waals surface area contributed by atoms with E-state index in [0.717, 1.165) is 13.1 Å². The lowest BCUT2D eigenvalue weighted by atomic mass is 10.3. The van der Waals surface area contributed by atoms with Crippen LogP contribution < -0.4 is 0 Å². The number of methoxy groups -OCH3 is 2. The second kappa shape index (κ2) is 8.44. The van der Waals surface area contributed by atoms with Gasteiger partial charge in [0.05, 0.1) is 19.3 Å². The Balaban J connectivity index is 3.60.